The van der Waals surface area contributed by atoms with Crippen molar-refractivity contribution in [2.45, 2.75) is 71.0 Å². The third kappa shape index (κ3) is 7.80. The molecule has 10 heteroatoms. The number of likely N-dealkylation sites (tertiary alicyclic amines) is 1. The second kappa shape index (κ2) is 14.6. The molecule has 1 aromatic heterocycles. The summed E-state index contributed by atoms with van der Waals surface area (Å²) in [5.41, 5.74) is 6.86. The number of nitrogens with two attached hydrogens (primary N) is 1. The highest BCUT2D eigenvalue weighted by atomic mass is 35.5. The van der Waals surface area contributed by atoms with Crippen LogP contribution in [0, 0.1) is 0 Å². The molecule has 9 nitrogen and oxygen atoms in total. The van der Waals surface area contributed by atoms with Gasteiger partial charge in [0.25, 0.3) is 0 Å². The van der Waals surface area contributed by atoms with Crippen molar-refractivity contribution in [1.82, 2.24) is 20.5 Å². The van der Waals surface area contributed by atoms with Crippen LogP contribution < -0.4 is 16.4 Å². The van der Waals surface area contributed by atoms with Crippen molar-refractivity contribution >= 4 is 46.8 Å². The third-order valence-electron chi connectivity index (χ3n) is 6.27. The number of nitrogens with one attached hydrogen (secondary N) is 2. The summed E-state index contributed by atoms with van der Waals surface area (Å²) in [6.07, 6.45) is 6.19. The van der Waals surface area contributed by atoms with Crippen LogP contribution in [-0.4, -0.2) is 59.4 Å². The predicted molar refractivity (Wildman–Crippen MR) is 143 cm³/mol. The number of nitrogens with zero attached hydrogens (tertiary/aromatic N) is 2. The van der Waals surface area contributed by atoms with Crippen molar-refractivity contribution in [3.63, 3.8) is 0 Å². The van der Waals surface area contributed by atoms with Gasteiger partial charge < -0.3 is 20.7 Å². The number of carbonyl (C=O) groups is 3. The molecule has 0 bridgehead atoms. The summed E-state index contributed by atoms with van der Waals surface area (Å²) >= 11 is 0. The minimum Gasteiger partial charge on any atom is -0.465 e. The molecular weight excluding hydrogens is 482 g/mol. The zero-order valence-corrected chi connectivity index (χ0v) is 21.9. The van der Waals surface area contributed by atoms with E-state index >= 15 is 0 Å². The molecule has 0 unspecified atom stereocenters. The van der Waals surface area contributed by atoms with Crippen molar-refractivity contribution in [1.29, 1.82) is 0 Å². The lowest BCUT2D eigenvalue weighted by molar-refractivity contribution is -0.144. The maximum Gasteiger partial charge on any atom is 0.319 e. The van der Waals surface area contributed by atoms with Crippen LogP contribution >= 0.6 is 12.4 Å². The first-order valence-electron chi connectivity index (χ1n) is 12.5. The average molecular weight is 520 g/mol. The Morgan fingerprint density at radius 1 is 1.22 bits per heavy atom. The summed E-state index contributed by atoms with van der Waals surface area (Å²) in [6, 6.07) is 6.65. The Kier molecular flexibility index (Phi) is 11.9. The van der Waals surface area contributed by atoms with Crippen molar-refractivity contribution in [3.05, 3.63) is 36.0 Å². The molecule has 1 fully saturated rings. The highest BCUT2D eigenvalue weighted by Gasteiger charge is 2.36. The van der Waals surface area contributed by atoms with E-state index in [0.29, 0.717) is 38.4 Å². The van der Waals surface area contributed by atoms with Crippen molar-refractivity contribution in [2.24, 2.45) is 0 Å². The number of esters is 1. The lowest BCUT2D eigenvalue weighted by atomic mass is 10.1. The zero-order chi connectivity index (χ0) is 25.2. The number of hydrogen-bond donors (Lipinski definition) is 3. The molecule has 36 heavy (non-hydrogen) atoms. The van der Waals surface area contributed by atoms with Crippen LogP contribution in [0.5, 0.6) is 0 Å². The number of aromatic nitrogens is 1. The molecule has 0 spiro atoms. The smallest absolute Gasteiger partial charge is 0.319 e. The first kappa shape index (κ1) is 29.3. The second-order valence-corrected chi connectivity index (χ2v) is 8.96. The molecule has 1 aliphatic rings. The number of amides is 2. The molecule has 4 N–H and O–H groups in total. The highest BCUT2D eigenvalue weighted by molar-refractivity contribution is 5.92. The van der Waals surface area contributed by atoms with Gasteiger partial charge >= 0.3 is 5.97 Å². The number of ether oxygens (including phenoxy) is 1. The molecule has 2 atom stereocenters. The fourth-order valence-electron chi connectivity index (χ4n) is 4.37. The van der Waals surface area contributed by atoms with E-state index in [1.807, 2.05) is 31.2 Å². The average Bonchev–Trinajstić information content (AvgIpc) is 3.36. The molecule has 2 heterocycles. The van der Waals surface area contributed by atoms with Gasteiger partial charge in [-0.05, 0) is 48.8 Å². The third-order valence-corrected chi connectivity index (χ3v) is 6.27. The van der Waals surface area contributed by atoms with E-state index in [2.05, 4.69) is 22.5 Å². The number of carbonyl (C=O) groups excluding carboxylic acids is 3. The van der Waals surface area contributed by atoms with Gasteiger partial charge in [0.15, 0.2) is 0 Å². The molecule has 1 aromatic carbocycles. The molecule has 2 amide bonds. The van der Waals surface area contributed by atoms with Crippen LogP contribution in [0.4, 0.5) is 5.82 Å². The fourth-order valence-corrected chi connectivity index (χ4v) is 4.37. The molecule has 1 saturated heterocycles. The van der Waals surface area contributed by atoms with E-state index in [0.717, 1.165) is 42.0 Å². The number of benzene rings is 1. The van der Waals surface area contributed by atoms with Gasteiger partial charge in [0.05, 0.1) is 19.2 Å². The van der Waals surface area contributed by atoms with Crippen LogP contribution in [0.2, 0.25) is 0 Å². The van der Waals surface area contributed by atoms with E-state index in [1.54, 1.807) is 11.1 Å². The van der Waals surface area contributed by atoms with Gasteiger partial charge in [-0.1, -0.05) is 38.8 Å². The largest absolute Gasteiger partial charge is 0.465 e. The van der Waals surface area contributed by atoms with Gasteiger partial charge in [-0.15, -0.1) is 12.4 Å². The van der Waals surface area contributed by atoms with Crippen LogP contribution in [0.25, 0.3) is 10.8 Å². The maximum atomic E-state index is 13.4. The number of pyridine rings is 1. The van der Waals surface area contributed by atoms with Crippen molar-refractivity contribution in [3.8, 4) is 0 Å². The second-order valence-electron chi connectivity index (χ2n) is 8.96. The number of hydrogen-bond acceptors (Lipinski definition) is 7. The van der Waals surface area contributed by atoms with Crippen LogP contribution in [-0.2, 0) is 25.7 Å². The fraction of sp³-hybridized carbons (Fsp3) is 0.538. The van der Waals surface area contributed by atoms with Crippen LogP contribution in [0.1, 0.15) is 57.9 Å². The summed E-state index contributed by atoms with van der Waals surface area (Å²) < 4.78 is 5.12. The molecule has 0 radical (unpaired) electrons. The monoisotopic (exact) mass is 519 g/mol. The molecule has 2 aromatic rings. The maximum absolute atomic E-state index is 13.4. The summed E-state index contributed by atoms with van der Waals surface area (Å²) in [5.74, 6) is -0.192. The van der Waals surface area contributed by atoms with E-state index in [-0.39, 0.29) is 36.7 Å². The Bertz CT molecular complexity index is 1030. The Morgan fingerprint density at radius 3 is 2.78 bits per heavy atom. The number of halogens is 1. The molecule has 3 rings (SSSR count). The zero-order valence-electron chi connectivity index (χ0n) is 21.1. The quantitative estimate of drug-likeness (QED) is 0.368. The topological polar surface area (TPSA) is 127 Å². The lowest BCUT2D eigenvalue weighted by Crippen LogP contribution is -2.53. The standard InChI is InChI=1S/C26H37N5O4.ClH/c1-3-5-7-21(29-17-23(32)35-14-4-2)26(34)31-13-6-8-22(31)25(33)30-16-18-9-10-20-19(15-18)11-12-28-24(20)27;/h9-12,15,21-22,29H,3-8,13-14,16-17H2,1-2H3,(H2,27,28)(H,30,33);1H/t21-,22+;/m1./s1. The van der Waals surface area contributed by atoms with Gasteiger partial charge in [0.2, 0.25) is 11.8 Å². The van der Waals surface area contributed by atoms with Gasteiger partial charge in [-0.3, -0.25) is 19.7 Å². The first-order chi connectivity index (χ1) is 16.9. The van der Waals surface area contributed by atoms with Gasteiger partial charge in [0, 0.05) is 24.7 Å². The minimum absolute atomic E-state index is 0. The summed E-state index contributed by atoms with van der Waals surface area (Å²) in [5, 5.41) is 7.89. The predicted octanol–water partition coefficient (Wildman–Crippen LogP) is 2.95. The SMILES string of the molecule is CCCC[C@@H](NCC(=O)OCCC)C(=O)N1CCC[C@H]1C(=O)NCc1ccc2c(N)nccc2c1.Cl. The molecule has 198 valence electrons. The van der Waals surface area contributed by atoms with E-state index < -0.39 is 12.1 Å². The van der Waals surface area contributed by atoms with Gasteiger partial charge in [-0.25, -0.2) is 4.98 Å². The number of anilines is 1. The Hall–Kier alpha value is -2.91. The molecule has 0 aliphatic carbocycles. The molecule has 1 aliphatic heterocycles. The Morgan fingerprint density at radius 2 is 2.03 bits per heavy atom. The Labute approximate surface area is 218 Å². The van der Waals surface area contributed by atoms with Crippen molar-refractivity contribution < 1.29 is 19.1 Å². The van der Waals surface area contributed by atoms with E-state index in [9.17, 15) is 14.4 Å². The summed E-state index contributed by atoms with van der Waals surface area (Å²) in [4.78, 5) is 44.1. The van der Waals surface area contributed by atoms with Crippen molar-refractivity contribution in [2.75, 3.05) is 25.4 Å². The first-order valence-corrected chi connectivity index (χ1v) is 12.5. The number of fused-ring (bicyclic) bond motifs is 1. The van der Waals surface area contributed by atoms with E-state index in [1.165, 1.54) is 0 Å². The highest BCUT2D eigenvalue weighted by Crippen LogP contribution is 2.22. The van der Waals surface area contributed by atoms with Crippen LogP contribution in [0.3, 0.4) is 0 Å². The van der Waals surface area contributed by atoms with Gasteiger partial charge in [-0.2, -0.15) is 0 Å². The normalized spacial score (nSPS) is 15.8. The Balaban J connectivity index is 0.00000456. The number of unbranched alkanes of at least 4 members (excludes halogenated alkanes) is 1. The van der Waals surface area contributed by atoms with E-state index in [4.69, 9.17) is 10.5 Å². The molecular formula is C26H38ClN5O4. The van der Waals surface area contributed by atoms with Gasteiger partial charge in [0.1, 0.15) is 11.9 Å². The van der Waals surface area contributed by atoms with Crippen LogP contribution in [0.15, 0.2) is 30.5 Å². The minimum atomic E-state index is -0.517. The number of nitrogen functional groups attached to an aromatic ring is 1. The summed E-state index contributed by atoms with van der Waals surface area (Å²) in [6.45, 7) is 5.22. The lowest BCUT2D eigenvalue weighted by Gasteiger charge is -2.28. The summed E-state index contributed by atoms with van der Waals surface area (Å²) in [7, 11) is 0. The molecule has 0 saturated carbocycles. The number of rotatable bonds is 12.